The van der Waals surface area contributed by atoms with Gasteiger partial charge in [0.2, 0.25) is 5.69 Å². The minimum atomic E-state index is -4.48. The minimum Gasteiger partial charge on any atom is -0.485 e. The van der Waals surface area contributed by atoms with Gasteiger partial charge in [-0.25, -0.2) is 0 Å². The lowest BCUT2D eigenvalue weighted by atomic mass is 9.81. The van der Waals surface area contributed by atoms with Gasteiger partial charge in [-0.15, -0.1) is 0 Å². The second-order valence-electron chi connectivity index (χ2n) is 16.3. The Morgan fingerprint density at radius 1 is 0.867 bits per heavy atom. The summed E-state index contributed by atoms with van der Waals surface area (Å²) in [5.41, 5.74) is 6.53. The molecule has 12 nitrogen and oxygen atoms in total. The predicted octanol–water partition coefficient (Wildman–Crippen LogP) is 8.37. The van der Waals surface area contributed by atoms with Gasteiger partial charge in [0.25, 0.3) is 26.7 Å². The number of para-hydroxylation sites is 1. The van der Waals surface area contributed by atoms with Crippen LogP contribution in [0.1, 0.15) is 83.4 Å². The molecule has 2 N–H and O–H groups in total. The number of carbonyl (C=O) groups is 1. The fourth-order valence-corrected chi connectivity index (χ4v) is 9.30. The van der Waals surface area contributed by atoms with E-state index in [2.05, 4.69) is 55.7 Å². The van der Waals surface area contributed by atoms with Crippen LogP contribution in [0.25, 0.3) is 0 Å². The standard InChI is InChI=1S/C46H54N2O10S2/c1-6-7-10-26-47-39-14-9-8-13-37(39)45(2,3)43(47)24-22-41-44(58-35-18-15-33(16-19-35)25-28-56-32-49)34(31-57-41)17-23-42-46(4,5)38-30-36(60(53,54)55)20-21-40(38)48(42)27-11-12-29-59(50,51)52/h8-9,13-24,30,32H,6-7,10-12,25-29,31H2,1-5H3,(H-,50,51,52,53,54,55)/p+1. The second-order valence-corrected chi connectivity index (χ2v) is 19.3. The zero-order valence-electron chi connectivity index (χ0n) is 34.9. The molecule has 0 amide bonds. The lowest BCUT2D eigenvalue weighted by Crippen LogP contribution is -2.28. The number of unbranched alkanes of at least 4 members (excludes halogenated alkanes) is 3. The van der Waals surface area contributed by atoms with E-state index in [-0.39, 0.29) is 35.7 Å². The van der Waals surface area contributed by atoms with Gasteiger partial charge >= 0.3 is 0 Å². The van der Waals surface area contributed by atoms with Crippen LogP contribution in [0.4, 0.5) is 11.4 Å². The zero-order chi connectivity index (χ0) is 43.3. The van der Waals surface area contributed by atoms with Crippen molar-refractivity contribution in [1.29, 1.82) is 0 Å². The smallest absolute Gasteiger partial charge is 0.294 e. The Labute approximate surface area is 354 Å². The quantitative estimate of drug-likeness (QED) is 0.0516. The van der Waals surface area contributed by atoms with Crippen molar-refractivity contribution in [3.8, 4) is 5.75 Å². The molecular weight excluding hydrogens is 805 g/mol. The predicted molar refractivity (Wildman–Crippen MR) is 232 cm³/mol. The maximum Gasteiger partial charge on any atom is 0.294 e. The number of allylic oxidation sites excluding steroid dienone is 5. The zero-order valence-corrected chi connectivity index (χ0v) is 36.5. The van der Waals surface area contributed by atoms with E-state index in [1.807, 2.05) is 61.2 Å². The molecule has 320 valence electrons. The molecule has 6 rings (SSSR count). The topological polar surface area (TPSA) is 160 Å². The summed E-state index contributed by atoms with van der Waals surface area (Å²) in [5, 5.41) is 0. The number of hydrogen-bond acceptors (Lipinski definition) is 9. The molecule has 0 spiro atoms. The Balaban J connectivity index is 1.42. The molecule has 14 heteroatoms. The first kappa shape index (κ1) is 44.5. The summed E-state index contributed by atoms with van der Waals surface area (Å²) >= 11 is 0. The summed E-state index contributed by atoms with van der Waals surface area (Å²) in [6.07, 6.45) is 12.5. The number of rotatable bonds is 19. The third kappa shape index (κ3) is 9.94. The molecule has 60 heavy (non-hydrogen) atoms. The van der Waals surface area contributed by atoms with Gasteiger partial charge in [-0.1, -0.05) is 57.5 Å². The fraction of sp³-hybridized carbons (Fsp3) is 0.391. The molecule has 0 aromatic heterocycles. The highest BCUT2D eigenvalue weighted by Gasteiger charge is 2.44. The summed E-state index contributed by atoms with van der Waals surface area (Å²) in [6, 6.07) is 20.5. The highest BCUT2D eigenvalue weighted by atomic mass is 32.2. The van der Waals surface area contributed by atoms with Gasteiger partial charge in [0.15, 0.2) is 17.2 Å². The normalized spacial score (nSPS) is 18.4. The molecule has 3 heterocycles. The van der Waals surface area contributed by atoms with Crippen LogP contribution in [-0.2, 0) is 51.8 Å². The van der Waals surface area contributed by atoms with Crippen molar-refractivity contribution in [2.45, 2.75) is 88.9 Å². The third-order valence-corrected chi connectivity index (χ3v) is 13.1. The van der Waals surface area contributed by atoms with Crippen LogP contribution in [0.5, 0.6) is 5.75 Å². The summed E-state index contributed by atoms with van der Waals surface area (Å²) in [6.45, 7) is 12.8. The molecule has 0 unspecified atom stereocenters. The highest BCUT2D eigenvalue weighted by Crippen LogP contribution is 2.49. The largest absolute Gasteiger partial charge is 0.485 e. The number of anilines is 1. The van der Waals surface area contributed by atoms with Gasteiger partial charge in [0.05, 0.1) is 22.7 Å². The number of fused-ring (bicyclic) bond motifs is 2. The number of benzene rings is 3. The van der Waals surface area contributed by atoms with Crippen LogP contribution in [0, 0.1) is 0 Å². The Bertz CT molecular complexity index is 2480. The van der Waals surface area contributed by atoms with Crippen LogP contribution >= 0.6 is 0 Å². The Kier molecular flexibility index (Phi) is 13.6. The molecule has 0 radical (unpaired) electrons. The fourth-order valence-electron chi connectivity index (χ4n) is 8.22. The number of hydrogen-bond donors (Lipinski definition) is 2. The number of carbonyl (C=O) groups excluding carboxylic acids is 1. The van der Waals surface area contributed by atoms with E-state index in [0.29, 0.717) is 48.7 Å². The van der Waals surface area contributed by atoms with Gasteiger partial charge in [0, 0.05) is 59.5 Å². The SMILES string of the molecule is CCCCC[N+]1=C(/C=C/C2=C(Oc3ccc(CCOC=O)cc3)C(=C/C=C3/N(CCCCS(=O)(=O)O)c4ccc(S(=O)(=O)O)cc4C3(C)C)/CO2)C(C)(C)c2ccccc21. The van der Waals surface area contributed by atoms with Crippen molar-refractivity contribution >= 4 is 43.8 Å². The summed E-state index contributed by atoms with van der Waals surface area (Å²) in [4.78, 5) is 12.5. The lowest BCUT2D eigenvalue weighted by molar-refractivity contribution is -0.438. The van der Waals surface area contributed by atoms with Gasteiger partial charge in [0.1, 0.15) is 18.9 Å². The second kappa shape index (κ2) is 18.3. The molecule has 3 aliphatic rings. The lowest BCUT2D eigenvalue weighted by Gasteiger charge is -2.27. The van der Waals surface area contributed by atoms with Gasteiger partial charge in [-0.2, -0.15) is 21.4 Å². The van der Waals surface area contributed by atoms with Gasteiger partial charge < -0.3 is 19.1 Å². The van der Waals surface area contributed by atoms with Crippen molar-refractivity contribution in [2.75, 3.05) is 37.0 Å². The van der Waals surface area contributed by atoms with E-state index in [1.165, 1.54) is 23.4 Å². The summed E-state index contributed by atoms with van der Waals surface area (Å²) in [5.74, 6) is 1.26. The van der Waals surface area contributed by atoms with Crippen molar-refractivity contribution < 1.29 is 49.5 Å². The van der Waals surface area contributed by atoms with Crippen LogP contribution in [0.3, 0.4) is 0 Å². The molecule has 0 aliphatic carbocycles. The minimum absolute atomic E-state index is 0.202. The van der Waals surface area contributed by atoms with E-state index in [9.17, 15) is 30.7 Å². The Hall–Kier alpha value is -5.02. The molecule has 3 aromatic carbocycles. The third-order valence-electron chi connectivity index (χ3n) is 11.4. The highest BCUT2D eigenvalue weighted by molar-refractivity contribution is 7.86. The Morgan fingerprint density at radius 2 is 1.62 bits per heavy atom. The molecular formula is C46H55N2O10S2+. The van der Waals surface area contributed by atoms with E-state index < -0.39 is 25.7 Å². The van der Waals surface area contributed by atoms with Gasteiger partial charge in [-0.3, -0.25) is 13.9 Å². The maximum atomic E-state index is 12.2. The van der Waals surface area contributed by atoms with E-state index >= 15 is 0 Å². The molecule has 0 fully saturated rings. The first-order valence-corrected chi connectivity index (χ1v) is 23.4. The van der Waals surface area contributed by atoms with Crippen LogP contribution in [0.2, 0.25) is 0 Å². The maximum absolute atomic E-state index is 12.2. The average Bonchev–Trinajstić information content (AvgIpc) is 3.75. The van der Waals surface area contributed by atoms with E-state index in [0.717, 1.165) is 54.0 Å². The number of ether oxygens (including phenoxy) is 3. The first-order valence-electron chi connectivity index (χ1n) is 20.3. The first-order chi connectivity index (χ1) is 28.5. The van der Waals surface area contributed by atoms with Crippen molar-refractivity contribution in [3.05, 3.63) is 131 Å². The van der Waals surface area contributed by atoms with Crippen molar-refractivity contribution in [1.82, 2.24) is 0 Å². The molecule has 0 atom stereocenters. The molecule has 0 saturated carbocycles. The average molecular weight is 860 g/mol. The summed E-state index contributed by atoms with van der Waals surface area (Å²) < 4.78 is 87.0. The number of nitrogens with zero attached hydrogens (tertiary/aromatic N) is 2. The van der Waals surface area contributed by atoms with Crippen LogP contribution in [-0.4, -0.2) is 74.8 Å². The van der Waals surface area contributed by atoms with Crippen molar-refractivity contribution in [2.24, 2.45) is 0 Å². The molecule has 3 aromatic rings. The van der Waals surface area contributed by atoms with Gasteiger partial charge in [-0.05, 0) is 92.8 Å². The molecule has 3 aliphatic heterocycles. The van der Waals surface area contributed by atoms with Crippen molar-refractivity contribution in [3.63, 3.8) is 0 Å². The molecule has 0 bridgehead atoms. The Morgan fingerprint density at radius 3 is 2.32 bits per heavy atom. The van der Waals surface area contributed by atoms with Crippen LogP contribution < -0.4 is 9.64 Å². The summed E-state index contributed by atoms with van der Waals surface area (Å²) in [7, 11) is -8.63. The van der Waals surface area contributed by atoms with E-state index in [1.54, 1.807) is 6.07 Å². The van der Waals surface area contributed by atoms with Crippen LogP contribution in [0.15, 0.2) is 119 Å². The molecule has 0 saturated heterocycles. The monoisotopic (exact) mass is 859 g/mol. The van der Waals surface area contributed by atoms with E-state index in [4.69, 9.17) is 14.2 Å².